The van der Waals surface area contributed by atoms with Crippen LogP contribution in [0, 0.1) is 0 Å². The lowest BCUT2D eigenvalue weighted by molar-refractivity contribution is 0.0952. The van der Waals surface area contributed by atoms with Crippen LogP contribution in [0.1, 0.15) is 24.2 Å². The fourth-order valence-corrected chi connectivity index (χ4v) is 3.33. The van der Waals surface area contributed by atoms with Crippen LogP contribution in [0.5, 0.6) is 11.5 Å². The number of imide groups is 1. The van der Waals surface area contributed by atoms with Crippen LogP contribution >= 0.6 is 0 Å². The SMILES string of the molecule is CCOC(=O)Oc1c(C(=O)N(C(=O)OCC)c2ccccc2)c(=O)n(C)c2ccc(OC)cc12. The van der Waals surface area contributed by atoms with Crippen LogP contribution in [0.3, 0.4) is 0 Å². The molecule has 2 aromatic carbocycles. The van der Waals surface area contributed by atoms with E-state index in [2.05, 4.69) is 0 Å². The minimum Gasteiger partial charge on any atom is -0.497 e. The lowest BCUT2D eigenvalue weighted by Gasteiger charge is -2.22. The van der Waals surface area contributed by atoms with E-state index >= 15 is 0 Å². The number of nitrogens with zero attached hydrogens (tertiary/aromatic N) is 2. The summed E-state index contributed by atoms with van der Waals surface area (Å²) in [6.45, 7) is 3.17. The van der Waals surface area contributed by atoms with Crippen LogP contribution in [0.25, 0.3) is 10.9 Å². The first kappa shape index (κ1) is 24.3. The highest BCUT2D eigenvalue weighted by Crippen LogP contribution is 2.32. The van der Waals surface area contributed by atoms with Crippen LogP contribution in [-0.4, -0.2) is 43.0 Å². The Balaban J connectivity index is 2.33. The number of anilines is 1. The number of para-hydroxylation sites is 1. The minimum absolute atomic E-state index is 0.00540. The molecule has 0 bridgehead atoms. The van der Waals surface area contributed by atoms with E-state index in [9.17, 15) is 19.2 Å². The van der Waals surface area contributed by atoms with Gasteiger partial charge in [0.2, 0.25) is 0 Å². The maximum absolute atomic E-state index is 13.7. The number of aryl methyl sites for hydroxylation is 1. The molecule has 0 saturated carbocycles. The first-order valence-electron chi connectivity index (χ1n) is 10.5. The van der Waals surface area contributed by atoms with Crippen molar-refractivity contribution in [2.24, 2.45) is 7.05 Å². The highest BCUT2D eigenvalue weighted by Gasteiger charge is 2.33. The van der Waals surface area contributed by atoms with Crippen molar-refractivity contribution in [3.05, 3.63) is 64.4 Å². The van der Waals surface area contributed by atoms with E-state index in [1.165, 1.54) is 36.9 Å². The molecule has 3 aromatic rings. The average Bonchev–Trinajstić information content (AvgIpc) is 2.83. The third-order valence-corrected chi connectivity index (χ3v) is 4.88. The quantitative estimate of drug-likeness (QED) is 0.501. The van der Waals surface area contributed by atoms with Crippen LogP contribution in [0.4, 0.5) is 15.3 Å². The smallest absolute Gasteiger partial charge is 0.497 e. The van der Waals surface area contributed by atoms with Crippen LogP contribution in [-0.2, 0) is 16.5 Å². The summed E-state index contributed by atoms with van der Waals surface area (Å²) in [4.78, 5) is 52.8. The molecular weight excluding hydrogens is 444 g/mol. The number of amides is 2. The number of rotatable bonds is 6. The molecule has 0 radical (unpaired) electrons. The highest BCUT2D eigenvalue weighted by atomic mass is 16.7. The fourth-order valence-electron chi connectivity index (χ4n) is 3.33. The molecule has 0 N–H and O–H groups in total. The first-order chi connectivity index (χ1) is 16.3. The van der Waals surface area contributed by atoms with Gasteiger partial charge >= 0.3 is 12.2 Å². The summed E-state index contributed by atoms with van der Waals surface area (Å²) in [5.41, 5.74) is -0.801. The highest BCUT2D eigenvalue weighted by molar-refractivity contribution is 6.21. The summed E-state index contributed by atoms with van der Waals surface area (Å²) in [6, 6.07) is 12.7. The molecule has 0 aliphatic carbocycles. The molecule has 0 aliphatic heterocycles. The third kappa shape index (κ3) is 4.70. The lowest BCUT2D eigenvalue weighted by atomic mass is 10.1. The second kappa shape index (κ2) is 10.5. The van der Waals surface area contributed by atoms with Crippen LogP contribution in [0.15, 0.2) is 53.3 Å². The Morgan fingerprint density at radius 1 is 0.971 bits per heavy atom. The molecule has 10 nitrogen and oxygen atoms in total. The van der Waals surface area contributed by atoms with E-state index in [1.54, 1.807) is 44.2 Å². The van der Waals surface area contributed by atoms with Gasteiger partial charge in [-0.2, -0.15) is 0 Å². The molecule has 1 heterocycles. The summed E-state index contributed by atoms with van der Waals surface area (Å²) >= 11 is 0. The predicted molar refractivity (Wildman–Crippen MR) is 124 cm³/mol. The number of aromatic nitrogens is 1. The van der Waals surface area contributed by atoms with Crippen molar-refractivity contribution in [1.29, 1.82) is 0 Å². The summed E-state index contributed by atoms with van der Waals surface area (Å²) < 4.78 is 21.8. The Kier molecular flexibility index (Phi) is 7.52. The second-order valence-electron chi connectivity index (χ2n) is 6.91. The molecule has 0 saturated heterocycles. The molecular formula is C24H24N2O8. The van der Waals surface area contributed by atoms with Gasteiger partial charge in [-0.3, -0.25) is 9.59 Å². The number of carbonyl (C=O) groups excluding carboxylic acids is 3. The number of hydrogen-bond donors (Lipinski definition) is 0. The van der Waals surface area contributed by atoms with E-state index < -0.39 is 29.3 Å². The van der Waals surface area contributed by atoms with Crippen molar-refractivity contribution in [2.45, 2.75) is 13.8 Å². The number of carbonyl (C=O) groups is 3. The number of fused-ring (bicyclic) bond motifs is 1. The van der Waals surface area contributed by atoms with Gasteiger partial charge in [0.25, 0.3) is 11.5 Å². The standard InChI is InChI=1S/C24H24N2O8/c1-5-32-23(29)26(15-10-8-7-9-11-15)22(28)19-20(34-24(30)33-6-2)17-14-16(31-4)12-13-18(17)25(3)21(19)27/h7-14H,5-6H2,1-4H3. The van der Waals surface area contributed by atoms with Gasteiger partial charge in [-0.25, -0.2) is 14.5 Å². The van der Waals surface area contributed by atoms with E-state index in [4.69, 9.17) is 18.9 Å². The Hall–Kier alpha value is -4.34. The summed E-state index contributed by atoms with van der Waals surface area (Å²) in [7, 11) is 2.90. The maximum Gasteiger partial charge on any atom is 0.513 e. The topological polar surface area (TPSA) is 113 Å². The number of hydrogen-bond acceptors (Lipinski definition) is 8. The molecule has 2 amide bonds. The van der Waals surface area contributed by atoms with Gasteiger partial charge in [-0.1, -0.05) is 18.2 Å². The average molecular weight is 468 g/mol. The van der Waals surface area contributed by atoms with Gasteiger partial charge in [-0.05, 0) is 44.2 Å². The predicted octanol–water partition coefficient (Wildman–Crippen LogP) is 3.89. The Morgan fingerprint density at radius 2 is 1.65 bits per heavy atom. The van der Waals surface area contributed by atoms with Crippen molar-refractivity contribution in [1.82, 2.24) is 4.57 Å². The van der Waals surface area contributed by atoms with Crippen LogP contribution in [0.2, 0.25) is 0 Å². The number of methoxy groups -OCH3 is 1. The van der Waals surface area contributed by atoms with Gasteiger partial charge in [0, 0.05) is 12.4 Å². The molecule has 0 fully saturated rings. The minimum atomic E-state index is -1.11. The maximum atomic E-state index is 13.7. The molecule has 178 valence electrons. The second-order valence-corrected chi connectivity index (χ2v) is 6.91. The molecule has 0 aliphatic rings. The summed E-state index contributed by atoms with van der Waals surface area (Å²) in [5, 5.41) is 0.231. The summed E-state index contributed by atoms with van der Waals surface area (Å²) in [6.07, 6.45) is -2.11. The van der Waals surface area contributed by atoms with E-state index in [0.717, 1.165) is 0 Å². The normalized spacial score (nSPS) is 10.5. The van der Waals surface area contributed by atoms with Gasteiger partial charge < -0.3 is 23.5 Å². The van der Waals surface area contributed by atoms with Gasteiger partial charge in [0.15, 0.2) is 5.75 Å². The zero-order valence-corrected chi connectivity index (χ0v) is 19.2. The molecule has 10 heteroatoms. The monoisotopic (exact) mass is 468 g/mol. The van der Waals surface area contributed by atoms with Crippen molar-refractivity contribution in [3.8, 4) is 11.5 Å². The molecule has 34 heavy (non-hydrogen) atoms. The van der Waals surface area contributed by atoms with E-state index in [0.29, 0.717) is 16.2 Å². The molecule has 3 rings (SSSR count). The summed E-state index contributed by atoms with van der Waals surface area (Å²) in [5.74, 6) is -0.997. The van der Waals surface area contributed by atoms with Gasteiger partial charge in [0.1, 0.15) is 11.3 Å². The van der Waals surface area contributed by atoms with Gasteiger partial charge in [-0.15, -0.1) is 0 Å². The Morgan fingerprint density at radius 3 is 2.26 bits per heavy atom. The number of pyridine rings is 1. The first-order valence-corrected chi connectivity index (χ1v) is 10.5. The Bertz CT molecular complexity index is 1280. The number of benzene rings is 2. The zero-order valence-electron chi connectivity index (χ0n) is 19.2. The van der Waals surface area contributed by atoms with Crippen molar-refractivity contribution in [2.75, 3.05) is 25.2 Å². The largest absolute Gasteiger partial charge is 0.513 e. The van der Waals surface area contributed by atoms with E-state index in [1.807, 2.05) is 0 Å². The number of ether oxygens (including phenoxy) is 4. The molecule has 1 aromatic heterocycles. The molecule has 0 atom stereocenters. The van der Waals surface area contributed by atoms with Crippen molar-refractivity contribution >= 4 is 34.7 Å². The molecule has 0 unspecified atom stereocenters. The van der Waals surface area contributed by atoms with Crippen molar-refractivity contribution < 1.29 is 33.3 Å². The lowest BCUT2D eigenvalue weighted by Crippen LogP contribution is -2.41. The fraction of sp³-hybridized carbons (Fsp3) is 0.250. The van der Waals surface area contributed by atoms with Crippen molar-refractivity contribution in [3.63, 3.8) is 0 Å². The van der Waals surface area contributed by atoms with Gasteiger partial charge in [0.05, 0.1) is 31.5 Å². The van der Waals surface area contributed by atoms with Crippen LogP contribution < -0.4 is 19.9 Å². The third-order valence-electron chi connectivity index (χ3n) is 4.88. The molecule has 0 spiro atoms. The zero-order chi connectivity index (χ0) is 24.8. The van der Waals surface area contributed by atoms with E-state index in [-0.39, 0.29) is 30.0 Å². The Labute approximate surface area is 195 Å².